The van der Waals surface area contributed by atoms with Crippen LogP contribution in [0.4, 0.5) is 5.69 Å². The molecule has 0 aliphatic rings. The predicted molar refractivity (Wildman–Crippen MR) is 117 cm³/mol. The van der Waals surface area contributed by atoms with Crippen LogP contribution in [0.25, 0.3) is 0 Å². The molecule has 3 rings (SSSR count). The maximum atomic E-state index is 12.0. The summed E-state index contributed by atoms with van der Waals surface area (Å²) < 4.78 is 11.2. The van der Waals surface area contributed by atoms with Gasteiger partial charge in [-0.15, -0.1) is 0 Å². The number of benzene rings is 2. The minimum atomic E-state index is -0.343. The molecule has 1 aromatic heterocycles. The van der Waals surface area contributed by atoms with E-state index >= 15 is 0 Å². The van der Waals surface area contributed by atoms with Crippen LogP contribution in [-0.4, -0.2) is 30.1 Å². The van der Waals surface area contributed by atoms with Gasteiger partial charge in [0.15, 0.2) is 0 Å². The summed E-state index contributed by atoms with van der Waals surface area (Å²) in [5.41, 5.74) is 5.18. The van der Waals surface area contributed by atoms with Gasteiger partial charge in [0.2, 0.25) is 5.91 Å². The Kier molecular flexibility index (Phi) is 7.31. The Bertz CT molecular complexity index is 1070. The lowest BCUT2D eigenvalue weighted by molar-refractivity contribution is -0.114. The number of nitrogens with zero attached hydrogens (tertiary/aromatic N) is 2. The van der Waals surface area contributed by atoms with Crippen molar-refractivity contribution in [3.05, 3.63) is 83.7 Å². The van der Waals surface area contributed by atoms with Crippen LogP contribution >= 0.6 is 0 Å². The summed E-state index contributed by atoms with van der Waals surface area (Å²) >= 11 is 0. The molecule has 31 heavy (non-hydrogen) atoms. The van der Waals surface area contributed by atoms with Crippen molar-refractivity contribution in [2.45, 2.75) is 13.5 Å². The first kappa shape index (κ1) is 21.5. The molecule has 2 N–H and O–H groups in total. The summed E-state index contributed by atoms with van der Waals surface area (Å²) in [5, 5.41) is 6.70. The molecular formula is C23H22N4O4. The first-order chi connectivity index (χ1) is 15.0. The molecule has 0 fully saturated rings. The lowest BCUT2D eigenvalue weighted by Crippen LogP contribution is -2.17. The minimum absolute atomic E-state index is 0.131. The van der Waals surface area contributed by atoms with Gasteiger partial charge < -0.3 is 14.8 Å². The maximum absolute atomic E-state index is 12.0. The highest BCUT2D eigenvalue weighted by Gasteiger charge is 2.07. The van der Waals surface area contributed by atoms with Crippen molar-refractivity contribution in [3.63, 3.8) is 0 Å². The second-order valence-corrected chi connectivity index (χ2v) is 6.51. The van der Waals surface area contributed by atoms with Crippen molar-refractivity contribution in [2.75, 3.05) is 12.4 Å². The van der Waals surface area contributed by atoms with E-state index in [0.717, 1.165) is 11.1 Å². The van der Waals surface area contributed by atoms with Gasteiger partial charge in [0, 0.05) is 30.6 Å². The van der Waals surface area contributed by atoms with Crippen molar-refractivity contribution >= 4 is 23.7 Å². The molecule has 8 heteroatoms. The van der Waals surface area contributed by atoms with E-state index in [-0.39, 0.29) is 18.4 Å². The van der Waals surface area contributed by atoms with E-state index in [2.05, 4.69) is 20.8 Å². The van der Waals surface area contributed by atoms with Crippen LogP contribution < -0.4 is 20.2 Å². The summed E-state index contributed by atoms with van der Waals surface area (Å²) in [6, 6.07) is 15.9. The lowest BCUT2D eigenvalue weighted by atomic mass is 10.1. The number of hydrazone groups is 1. The Hall–Kier alpha value is -4.20. The van der Waals surface area contributed by atoms with Crippen LogP contribution in [-0.2, 0) is 11.4 Å². The molecule has 2 aromatic carbocycles. The number of ether oxygens (including phenoxy) is 2. The topological polar surface area (TPSA) is 102 Å². The summed E-state index contributed by atoms with van der Waals surface area (Å²) in [4.78, 5) is 27.0. The third-order valence-electron chi connectivity index (χ3n) is 4.18. The van der Waals surface area contributed by atoms with E-state index in [1.165, 1.54) is 13.1 Å². The summed E-state index contributed by atoms with van der Waals surface area (Å²) in [6.07, 6.45) is 4.61. The molecule has 3 aromatic rings. The first-order valence-electron chi connectivity index (χ1n) is 9.46. The van der Waals surface area contributed by atoms with E-state index in [0.29, 0.717) is 22.7 Å². The molecule has 0 aliphatic carbocycles. The Balaban J connectivity index is 1.63. The fourth-order valence-corrected chi connectivity index (χ4v) is 2.72. The zero-order valence-corrected chi connectivity index (χ0v) is 17.2. The molecule has 0 radical (unpaired) electrons. The number of carbonyl (C=O) groups excluding carboxylic acids is 2. The predicted octanol–water partition coefficient (Wildman–Crippen LogP) is 3.39. The van der Waals surface area contributed by atoms with Crippen LogP contribution in [0.15, 0.2) is 72.1 Å². The number of hydrogen-bond donors (Lipinski definition) is 2. The summed E-state index contributed by atoms with van der Waals surface area (Å²) in [5.74, 6) is 0.850. The third-order valence-corrected chi connectivity index (χ3v) is 4.18. The second-order valence-electron chi connectivity index (χ2n) is 6.51. The van der Waals surface area contributed by atoms with E-state index in [9.17, 15) is 9.59 Å². The van der Waals surface area contributed by atoms with Gasteiger partial charge in [-0.3, -0.25) is 14.6 Å². The van der Waals surface area contributed by atoms with Gasteiger partial charge >= 0.3 is 0 Å². The second kappa shape index (κ2) is 10.5. The Labute approximate surface area is 179 Å². The largest absolute Gasteiger partial charge is 0.496 e. The van der Waals surface area contributed by atoms with Crippen molar-refractivity contribution in [1.82, 2.24) is 10.4 Å². The zero-order valence-electron chi connectivity index (χ0n) is 17.2. The van der Waals surface area contributed by atoms with Crippen molar-refractivity contribution < 1.29 is 19.1 Å². The van der Waals surface area contributed by atoms with Gasteiger partial charge in [0.05, 0.1) is 18.9 Å². The highest BCUT2D eigenvalue weighted by Crippen LogP contribution is 2.23. The molecule has 0 unspecified atom stereocenters. The highest BCUT2D eigenvalue weighted by atomic mass is 16.5. The Morgan fingerprint density at radius 1 is 1.13 bits per heavy atom. The molecule has 0 spiro atoms. The first-order valence-corrected chi connectivity index (χ1v) is 9.46. The molecule has 0 bridgehead atoms. The van der Waals surface area contributed by atoms with E-state index in [4.69, 9.17) is 9.47 Å². The number of anilines is 1. The van der Waals surface area contributed by atoms with Crippen molar-refractivity contribution in [3.8, 4) is 11.5 Å². The van der Waals surface area contributed by atoms with Gasteiger partial charge in [0.25, 0.3) is 5.91 Å². The number of carbonyl (C=O) groups is 2. The molecule has 2 amide bonds. The van der Waals surface area contributed by atoms with Crippen LogP contribution in [0, 0.1) is 0 Å². The van der Waals surface area contributed by atoms with Crippen LogP contribution in [0.1, 0.15) is 28.4 Å². The summed E-state index contributed by atoms with van der Waals surface area (Å²) in [6.45, 7) is 1.73. The lowest BCUT2D eigenvalue weighted by Gasteiger charge is -2.11. The zero-order chi connectivity index (χ0) is 22.1. The average Bonchev–Trinajstić information content (AvgIpc) is 2.79. The standard InChI is InChI=1S/C23H22N4O4/c1-16(28)26-20-6-8-21(9-7-20)31-15-19-12-17(5-10-22(19)30-2)13-25-27-23(29)18-4-3-11-24-14-18/h3-14H,15H2,1-2H3,(H,26,28)(H,27,29)/b25-13+. The van der Waals surface area contributed by atoms with Gasteiger partial charge in [-0.2, -0.15) is 5.10 Å². The smallest absolute Gasteiger partial charge is 0.272 e. The molecule has 158 valence electrons. The highest BCUT2D eigenvalue weighted by molar-refractivity contribution is 5.94. The maximum Gasteiger partial charge on any atom is 0.272 e. The van der Waals surface area contributed by atoms with Crippen LogP contribution in [0.2, 0.25) is 0 Å². The number of rotatable bonds is 8. The quantitative estimate of drug-likeness (QED) is 0.431. The molecule has 1 heterocycles. The van der Waals surface area contributed by atoms with E-state index in [1.807, 2.05) is 18.2 Å². The minimum Gasteiger partial charge on any atom is -0.496 e. The third kappa shape index (κ3) is 6.40. The molecule has 0 saturated heterocycles. The molecular weight excluding hydrogens is 396 g/mol. The van der Waals surface area contributed by atoms with Crippen molar-refractivity contribution in [1.29, 1.82) is 0 Å². The number of hydrogen-bond acceptors (Lipinski definition) is 6. The van der Waals surface area contributed by atoms with Gasteiger partial charge in [-0.25, -0.2) is 5.43 Å². The fourth-order valence-electron chi connectivity index (χ4n) is 2.72. The molecule has 0 aliphatic heterocycles. The Morgan fingerprint density at radius 3 is 2.61 bits per heavy atom. The van der Waals surface area contributed by atoms with Gasteiger partial charge in [0.1, 0.15) is 18.1 Å². The average molecular weight is 418 g/mol. The van der Waals surface area contributed by atoms with E-state index < -0.39 is 0 Å². The number of pyridine rings is 1. The molecule has 0 saturated carbocycles. The molecule has 0 atom stereocenters. The van der Waals surface area contributed by atoms with E-state index in [1.54, 1.807) is 55.9 Å². The number of aromatic nitrogens is 1. The number of amides is 2. The number of nitrogens with one attached hydrogen (secondary N) is 2. The monoisotopic (exact) mass is 418 g/mol. The number of methoxy groups -OCH3 is 1. The van der Waals surface area contributed by atoms with Gasteiger partial charge in [-0.1, -0.05) is 0 Å². The van der Waals surface area contributed by atoms with Crippen LogP contribution in [0.3, 0.4) is 0 Å². The van der Waals surface area contributed by atoms with Crippen LogP contribution in [0.5, 0.6) is 11.5 Å². The molecule has 8 nitrogen and oxygen atoms in total. The normalized spacial score (nSPS) is 10.5. The fraction of sp³-hybridized carbons (Fsp3) is 0.130. The van der Waals surface area contributed by atoms with Gasteiger partial charge in [-0.05, 0) is 60.2 Å². The Morgan fingerprint density at radius 2 is 1.94 bits per heavy atom. The SMILES string of the molecule is COc1ccc(/C=N/NC(=O)c2cccnc2)cc1COc1ccc(NC(C)=O)cc1. The van der Waals surface area contributed by atoms with Crippen molar-refractivity contribution in [2.24, 2.45) is 5.10 Å². The summed E-state index contributed by atoms with van der Waals surface area (Å²) in [7, 11) is 1.59.